The molecule has 1 unspecified atom stereocenters. The Morgan fingerprint density at radius 1 is 1.25 bits per heavy atom. The number of benzene rings is 1. The van der Waals surface area contributed by atoms with E-state index in [1.54, 1.807) is 34.4 Å². The van der Waals surface area contributed by atoms with Gasteiger partial charge < -0.3 is 5.73 Å². The number of Topliss-reactive ketones (excluding diaryl/α,β-unsaturated/α-hetero) is 1. The Bertz CT molecular complexity index is 1090. The normalized spacial score (nSPS) is 19.7. The summed E-state index contributed by atoms with van der Waals surface area (Å²) >= 11 is 14.3. The number of rotatable bonds is 2. The predicted molar refractivity (Wildman–Crippen MR) is 113 cm³/mol. The zero-order valence-electron chi connectivity index (χ0n) is 15.1. The van der Waals surface area contributed by atoms with Crippen molar-refractivity contribution in [2.75, 3.05) is 4.90 Å². The second-order valence-corrected chi connectivity index (χ2v) is 8.94. The molecular weight excluding hydrogens is 413 g/mol. The molecule has 1 aliphatic carbocycles. The first-order valence-electron chi connectivity index (χ1n) is 8.90. The molecule has 1 aromatic carbocycles. The SMILES string of the molecule is Cc1ccc(C2C(C#N)=C(N)N(c3cccc(Cl)c3Cl)C3=C2C(=O)CCC3)s1. The zero-order chi connectivity index (χ0) is 20.0. The van der Waals surface area contributed by atoms with Crippen LogP contribution in [0.25, 0.3) is 0 Å². The van der Waals surface area contributed by atoms with Gasteiger partial charge in [-0.2, -0.15) is 5.26 Å². The van der Waals surface area contributed by atoms with Crippen LogP contribution in [0.15, 0.2) is 53.0 Å². The Hall–Kier alpha value is -2.26. The number of nitrogens with two attached hydrogens (primary N) is 1. The van der Waals surface area contributed by atoms with Crippen LogP contribution in [0.3, 0.4) is 0 Å². The van der Waals surface area contributed by atoms with Crippen molar-refractivity contribution in [3.8, 4) is 6.07 Å². The molecule has 2 N–H and O–H groups in total. The fraction of sp³-hybridized carbons (Fsp3) is 0.238. The van der Waals surface area contributed by atoms with Gasteiger partial charge in [0.05, 0.1) is 33.3 Å². The second-order valence-electron chi connectivity index (χ2n) is 6.84. The van der Waals surface area contributed by atoms with Gasteiger partial charge in [0, 0.05) is 27.4 Å². The smallest absolute Gasteiger partial charge is 0.161 e. The minimum absolute atomic E-state index is 0.0562. The summed E-state index contributed by atoms with van der Waals surface area (Å²) in [6, 6.07) is 11.5. The number of hydrogen-bond donors (Lipinski definition) is 1. The van der Waals surface area contributed by atoms with Crippen molar-refractivity contribution < 1.29 is 4.79 Å². The summed E-state index contributed by atoms with van der Waals surface area (Å²) in [7, 11) is 0. The molecule has 4 nitrogen and oxygen atoms in total. The molecule has 0 saturated heterocycles. The average molecular weight is 430 g/mol. The van der Waals surface area contributed by atoms with Gasteiger partial charge in [0.25, 0.3) is 0 Å². The number of ketones is 1. The van der Waals surface area contributed by atoms with E-state index >= 15 is 0 Å². The minimum Gasteiger partial charge on any atom is -0.384 e. The quantitative estimate of drug-likeness (QED) is 0.667. The number of aryl methyl sites for hydroxylation is 1. The van der Waals surface area contributed by atoms with Gasteiger partial charge in [0.2, 0.25) is 0 Å². The Kier molecular flexibility index (Phi) is 4.96. The fourth-order valence-electron chi connectivity index (χ4n) is 3.92. The van der Waals surface area contributed by atoms with Crippen molar-refractivity contribution in [1.82, 2.24) is 0 Å². The summed E-state index contributed by atoms with van der Waals surface area (Å²) in [4.78, 5) is 16.8. The molecule has 2 aromatic rings. The Balaban J connectivity index is 2.00. The van der Waals surface area contributed by atoms with E-state index in [2.05, 4.69) is 6.07 Å². The molecule has 1 aliphatic heterocycles. The molecule has 0 saturated carbocycles. The van der Waals surface area contributed by atoms with Crippen LogP contribution in [0.4, 0.5) is 5.69 Å². The van der Waals surface area contributed by atoms with E-state index in [0.717, 1.165) is 21.9 Å². The Morgan fingerprint density at radius 2 is 2.04 bits per heavy atom. The number of hydrogen-bond acceptors (Lipinski definition) is 5. The molecule has 0 amide bonds. The molecule has 0 radical (unpaired) electrons. The van der Waals surface area contributed by atoms with Crippen molar-refractivity contribution in [2.24, 2.45) is 5.73 Å². The summed E-state index contributed by atoms with van der Waals surface area (Å²) in [6.45, 7) is 2.01. The van der Waals surface area contributed by atoms with Gasteiger partial charge in [-0.3, -0.25) is 9.69 Å². The topological polar surface area (TPSA) is 70.1 Å². The van der Waals surface area contributed by atoms with Crippen molar-refractivity contribution in [1.29, 1.82) is 5.26 Å². The van der Waals surface area contributed by atoms with Gasteiger partial charge in [-0.15, -0.1) is 11.3 Å². The maximum absolute atomic E-state index is 13.0. The number of thiophene rings is 1. The third-order valence-corrected chi connectivity index (χ3v) is 7.01. The van der Waals surface area contributed by atoms with Gasteiger partial charge in [-0.25, -0.2) is 0 Å². The molecule has 28 heavy (non-hydrogen) atoms. The van der Waals surface area contributed by atoms with Crippen molar-refractivity contribution in [3.05, 3.63) is 72.8 Å². The summed E-state index contributed by atoms with van der Waals surface area (Å²) < 4.78 is 0. The number of anilines is 1. The monoisotopic (exact) mass is 429 g/mol. The molecule has 0 fully saturated rings. The van der Waals surface area contributed by atoms with E-state index in [1.807, 2.05) is 19.1 Å². The van der Waals surface area contributed by atoms with Crippen LogP contribution in [0, 0.1) is 18.3 Å². The lowest BCUT2D eigenvalue weighted by Crippen LogP contribution is -2.38. The summed E-state index contributed by atoms with van der Waals surface area (Å²) in [6.07, 6.45) is 1.89. The van der Waals surface area contributed by atoms with Crippen molar-refractivity contribution in [2.45, 2.75) is 32.1 Å². The van der Waals surface area contributed by atoms with Crippen LogP contribution in [-0.4, -0.2) is 5.78 Å². The van der Waals surface area contributed by atoms with Crippen LogP contribution in [-0.2, 0) is 4.79 Å². The number of allylic oxidation sites excluding steroid dienone is 3. The molecular formula is C21H17Cl2N3OS. The molecule has 7 heteroatoms. The first kappa shape index (κ1) is 19.1. The fourth-order valence-corrected chi connectivity index (χ4v) is 5.30. The lowest BCUT2D eigenvalue weighted by Gasteiger charge is -2.39. The number of carbonyl (C=O) groups is 1. The first-order valence-corrected chi connectivity index (χ1v) is 10.5. The Morgan fingerprint density at radius 3 is 2.71 bits per heavy atom. The van der Waals surface area contributed by atoms with Gasteiger partial charge in [0.15, 0.2) is 5.78 Å². The maximum Gasteiger partial charge on any atom is 0.161 e. The third-order valence-electron chi connectivity index (χ3n) is 5.13. The molecule has 142 valence electrons. The highest BCUT2D eigenvalue weighted by atomic mass is 35.5. The lowest BCUT2D eigenvalue weighted by molar-refractivity contribution is -0.116. The van der Waals surface area contributed by atoms with E-state index < -0.39 is 5.92 Å². The first-order chi connectivity index (χ1) is 13.4. The second kappa shape index (κ2) is 7.29. The van der Waals surface area contributed by atoms with Crippen molar-refractivity contribution >= 4 is 46.0 Å². The molecule has 4 rings (SSSR count). The summed E-state index contributed by atoms with van der Waals surface area (Å²) in [5, 5.41) is 10.7. The average Bonchev–Trinajstić information content (AvgIpc) is 3.10. The number of nitrogens with zero attached hydrogens (tertiary/aromatic N) is 2. The van der Waals surface area contributed by atoms with E-state index in [-0.39, 0.29) is 5.78 Å². The maximum atomic E-state index is 13.0. The highest BCUT2D eigenvalue weighted by Crippen LogP contribution is 2.49. The van der Waals surface area contributed by atoms with Gasteiger partial charge in [-0.05, 0) is 44.0 Å². The van der Waals surface area contributed by atoms with E-state index in [4.69, 9.17) is 28.9 Å². The number of halogens is 2. The highest BCUT2D eigenvalue weighted by Gasteiger charge is 2.41. The van der Waals surface area contributed by atoms with Gasteiger partial charge >= 0.3 is 0 Å². The molecule has 1 aromatic heterocycles. The van der Waals surface area contributed by atoms with Crippen LogP contribution >= 0.6 is 34.5 Å². The molecule has 2 aliphatic rings. The van der Waals surface area contributed by atoms with E-state index in [1.165, 1.54) is 0 Å². The minimum atomic E-state index is -0.430. The lowest BCUT2D eigenvalue weighted by atomic mass is 9.78. The summed E-state index contributed by atoms with van der Waals surface area (Å²) in [5.74, 6) is -0.0717. The van der Waals surface area contributed by atoms with Crippen molar-refractivity contribution in [3.63, 3.8) is 0 Å². The molecule has 2 heterocycles. The number of nitriles is 1. The van der Waals surface area contributed by atoms with Gasteiger partial charge in [0.1, 0.15) is 5.82 Å². The zero-order valence-corrected chi connectivity index (χ0v) is 17.5. The third kappa shape index (κ3) is 2.93. The molecule has 0 spiro atoms. The predicted octanol–water partition coefficient (Wildman–Crippen LogP) is 5.67. The largest absolute Gasteiger partial charge is 0.384 e. The highest BCUT2D eigenvalue weighted by molar-refractivity contribution is 7.12. The van der Waals surface area contributed by atoms with Crippen LogP contribution in [0.5, 0.6) is 0 Å². The number of carbonyl (C=O) groups excluding carboxylic acids is 1. The van der Waals surface area contributed by atoms with Gasteiger partial charge in [-0.1, -0.05) is 29.3 Å². The van der Waals surface area contributed by atoms with Crippen LogP contribution in [0.1, 0.15) is 34.9 Å². The summed E-state index contributed by atoms with van der Waals surface area (Å²) in [5.41, 5.74) is 8.93. The van der Waals surface area contributed by atoms with E-state index in [0.29, 0.717) is 45.5 Å². The van der Waals surface area contributed by atoms with Crippen LogP contribution < -0.4 is 10.6 Å². The molecule has 1 atom stereocenters. The standard InChI is InChI=1S/C21H17Cl2N3OS/c1-11-8-9-17(28-11)18-12(10-24)21(25)26(14-5-3-7-16(27)19(14)18)15-6-2-4-13(22)20(15)23/h2,4,6,8-9,18H,3,5,7,25H2,1H3. The van der Waals surface area contributed by atoms with E-state index in [9.17, 15) is 10.1 Å². The Labute approximate surface area is 177 Å². The van der Waals surface area contributed by atoms with Crippen LogP contribution in [0.2, 0.25) is 10.0 Å². The molecule has 0 bridgehead atoms.